The third kappa shape index (κ3) is 4.15. The highest BCUT2D eigenvalue weighted by molar-refractivity contribution is 7.10. The molecule has 1 N–H and O–H groups in total. The van der Waals surface area contributed by atoms with Gasteiger partial charge in [-0.25, -0.2) is 0 Å². The zero-order valence-electron chi connectivity index (χ0n) is 11.8. The molecule has 5 nitrogen and oxygen atoms in total. The van der Waals surface area contributed by atoms with Crippen molar-refractivity contribution in [3.8, 4) is 0 Å². The first-order valence-electron chi connectivity index (χ1n) is 7.22. The zero-order valence-corrected chi connectivity index (χ0v) is 12.6. The van der Waals surface area contributed by atoms with Crippen LogP contribution >= 0.6 is 11.3 Å². The maximum Gasteiger partial charge on any atom is 0.229 e. The molecular formula is C15H19N3O2S. The topological polar surface area (TPSA) is 56.2 Å². The van der Waals surface area contributed by atoms with Crippen LogP contribution in [0.3, 0.4) is 0 Å². The average molecular weight is 305 g/mol. The average Bonchev–Trinajstić information content (AvgIpc) is 3.12. The van der Waals surface area contributed by atoms with E-state index < -0.39 is 0 Å². The van der Waals surface area contributed by atoms with Gasteiger partial charge in [0.2, 0.25) is 5.91 Å². The number of carbonyl (C=O) groups excluding carboxylic acids is 1. The second kappa shape index (κ2) is 6.87. The number of rotatable bonds is 5. The molecule has 0 spiro atoms. The second-order valence-electron chi connectivity index (χ2n) is 5.31. The summed E-state index contributed by atoms with van der Waals surface area (Å²) >= 11 is 1.60. The van der Waals surface area contributed by atoms with Gasteiger partial charge < -0.3 is 10.1 Å². The summed E-state index contributed by atoms with van der Waals surface area (Å²) in [6.07, 6.45) is 6.20. The molecule has 6 heteroatoms. The predicted molar refractivity (Wildman–Crippen MR) is 82.4 cm³/mol. The molecule has 112 valence electrons. The Labute approximate surface area is 127 Å². The molecule has 0 atom stereocenters. The van der Waals surface area contributed by atoms with Crippen molar-refractivity contribution >= 4 is 22.9 Å². The van der Waals surface area contributed by atoms with Gasteiger partial charge in [0.05, 0.1) is 18.3 Å². The smallest absolute Gasteiger partial charge is 0.229 e. The van der Waals surface area contributed by atoms with Crippen LogP contribution in [0.4, 0.5) is 5.69 Å². The molecule has 21 heavy (non-hydrogen) atoms. The van der Waals surface area contributed by atoms with E-state index in [1.807, 2.05) is 28.4 Å². The van der Waals surface area contributed by atoms with Gasteiger partial charge in [-0.15, -0.1) is 11.3 Å². The van der Waals surface area contributed by atoms with E-state index in [4.69, 9.17) is 4.74 Å². The minimum Gasteiger partial charge on any atom is -0.381 e. The highest BCUT2D eigenvalue weighted by Crippen LogP contribution is 2.17. The van der Waals surface area contributed by atoms with Crippen molar-refractivity contribution < 1.29 is 9.53 Å². The van der Waals surface area contributed by atoms with Crippen LogP contribution in [-0.2, 0) is 22.5 Å². The molecule has 3 rings (SSSR count). The van der Waals surface area contributed by atoms with Crippen molar-refractivity contribution in [1.82, 2.24) is 9.78 Å². The summed E-state index contributed by atoms with van der Waals surface area (Å²) in [6.45, 7) is 2.58. The summed E-state index contributed by atoms with van der Waals surface area (Å²) in [5, 5.41) is 9.20. The van der Waals surface area contributed by atoms with Crippen molar-refractivity contribution in [3.63, 3.8) is 0 Å². The Bertz CT molecular complexity index is 574. The molecule has 0 aliphatic carbocycles. The van der Waals surface area contributed by atoms with Gasteiger partial charge in [0.1, 0.15) is 0 Å². The Balaban J connectivity index is 1.51. The summed E-state index contributed by atoms with van der Waals surface area (Å²) in [5.74, 6) is 0.622. The lowest BCUT2D eigenvalue weighted by molar-refractivity contribution is -0.115. The first-order chi connectivity index (χ1) is 10.3. The van der Waals surface area contributed by atoms with E-state index in [0.717, 1.165) is 43.2 Å². The SMILES string of the molecule is O=C(Cc1cccs1)Nc1cnn(CC2CCOCC2)c1. The van der Waals surface area contributed by atoms with E-state index in [1.54, 1.807) is 17.5 Å². The summed E-state index contributed by atoms with van der Waals surface area (Å²) < 4.78 is 7.27. The maximum atomic E-state index is 11.9. The number of thiophene rings is 1. The Hall–Kier alpha value is -1.66. The lowest BCUT2D eigenvalue weighted by Gasteiger charge is -2.21. The normalized spacial score (nSPS) is 16.0. The van der Waals surface area contributed by atoms with Crippen molar-refractivity contribution in [1.29, 1.82) is 0 Å². The van der Waals surface area contributed by atoms with Crippen molar-refractivity contribution in [2.75, 3.05) is 18.5 Å². The number of hydrogen-bond acceptors (Lipinski definition) is 4. The zero-order chi connectivity index (χ0) is 14.5. The number of aromatic nitrogens is 2. The molecule has 0 saturated carbocycles. The number of ether oxygens (including phenoxy) is 1. The van der Waals surface area contributed by atoms with Gasteiger partial charge >= 0.3 is 0 Å². The van der Waals surface area contributed by atoms with Crippen molar-refractivity contribution in [3.05, 3.63) is 34.8 Å². The Morgan fingerprint density at radius 1 is 1.48 bits per heavy atom. The number of carbonyl (C=O) groups is 1. The predicted octanol–water partition coefficient (Wildman–Crippen LogP) is 2.55. The summed E-state index contributed by atoms with van der Waals surface area (Å²) in [6, 6.07) is 3.93. The van der Waals surface area contributed by atoms with E-state index in [2.05, 4.69) is 10.4 Å². The molecule has 0 unspecified atom stereocenters. The van der Waals surface area contributed by atoms with Crippen LogP contribution in [0.5, 0.6) is 0 Å². The van der Waals surface area contributed by atoms with E-state index in [9.17, 15) is 4.79 Å². The van der Waals surface area contributed by atoms with Gasteiger partial charge in [-0.1, -0.05) is 6.07 Å². The van der Waals surface area contributed by atoms with Crippen LogP contribution < -0.4 is 5.32 Å². The molecule has 2 aromatic rings. The minimum absolute atomic E-state index is 0.00284. The highest BCUT2D eigenvalue weighted by atomic mass is 32.1. The number of nitrogens with zero attached hydrogens (tertiary/aromatic N) is 2. The summed E-state index contributed by atoms with van der Waals surface area (Å²) in [7, 11) is 0. The number of nitrogens with one attached hydrogen (secondary N) is 1. The lowest BCUT2D eigenvalue weighted by Crippen LogP contribution is -2.20. The van der Waals surface area contributed by atoms with E-state index in [-0.39, 0.29) is 5.91 Å². The standard InChI is InChI=1S/C15H19N3O2S/c19-15(8-14-2-1-7-21-14)17-13-9-16-18(11-13)10-12-3-5-20-6-4-12/h1-2,7,9,11-12H,3-6,8,10H2,(H,17,19). The monoisotopic (exact) mass is 305 g/mol. The molecule has 0 bridgehead atoms. The van der Waals surface area contributed by atoms with Crippen LogP contribution in [-0.4, -0.2) is 28.9 Å². The van der Waals surface area contributed by atoms with Crippen LogP contribution in [0, 0.1) is 5.92 Å². The third-order valence-corrected chi connectivity index (χ3v) is 4.49. The van der Waals surface area contributed by atoms with Crippen LogP contribution in [0.2, 0.25) is 0 Å². The molecular weight excluding hydrogens is 286 g/mol. The Kier molecular flexibility index (Phi) is 4.67. The Morgan fingerprint density at radius 2 is 2.33 bits per heavy atom. The molecule has 1 aliphatic heterocycles. The minimum atomic E-state index is 0.00284. The first-order valence-corrected chi connectivity index (χ1v) is 8.10. The largest absolute Gasteiger partial charge is 0.381 e. The molecule has 1 amide bonds. The second-order valence-corrected chi connectivity index (χ2v) is 6.34. The molecule has 1 aliphatic rings. The van der Waals surface area contributed by atoms with Gasteiger partial charge in [-0.05, 0) is 30.2 Å². The molecule has 3 heterocycles. The Morgan fingerprint density at radius 3 is 3.10 bits per heavy atom. The summed E-state index contributed by atoms with van der Waals surface area (Å²) in [4.78, 5) is 13.0. The van der Waals surface area contributed by atoms with Crippen molar-refractivity contribution in [2.24, 2.45) is 5.92 Å². The third-order valence-electron chi connectivity index (χ3n) is 3.62. The van der Waals surface area contributed by atoms with E-state index in [1.165, 1.54) is 0 Å². The lowest BCUT2D eigenvalue weighted by atomic mass is 10.0. The fourth-order valence-electron chi connectivity index (χ4n) is 2.50. The van der Waals surface area contributed by atoms with Gasteiger partial charge in [0.25, 0.3) is 0 Å². The van der Waals surface area contributed by atoms with Gasteiger partial charge in [0, 0.05) is 30.8 Å². The molecule has 2 aromatic heterocycles. The summed E-state index contributed by atoms with van der Waals surface area (Å²) in [5.41, 5.74) is 0.767. The molecule has 0 radical (unpaired) electrons. The quantitative estimate of drug-likeness (QED) is 0.923. The highest BCUT2D eigenvalue weighted by Gasteiger charge is 2.15. The first kappa shape index (κ1) is 14.3. The number of amides is 1. The van der Waals surface area contributed by atoms with E-state index >= 15 is 0 Å². The van der Waals surface area contributed by atoms with Crippen LogP contribution in [0.15, 0.2) is 29.9 Å². The van der Waals surface area contributed by atoms with Gasteiger partial charge in [0.15, 0.2) is 0 Å². The number of hydrogen-bond donors (Lipinski definition) is 1. The van der Waals surface area contributed by atoms with Crippen LogP contribution in [0.25, 0.3) is 0 Å². The van der Waals surface area contributed by atoms with E-state index in [0.29, 0.717) is 12.3 Å². The van der Waals surface area contributed by atoms with Gasteiger partial charge in [-0.2, -0.15) is 5.10 Å². The van der Waals surface area contributed by atoms with Crippen molar-refractivity contribution in [2.45, 2.75) is 25.8 Å². The van der Waals surface area contributed by atoms with Crippen LogP contribution in [0.1, 0.15) is 17.7 Å². The fraction of sp³-hybridized carbons (Fsp3) is 0.467. The molecule has 1 fully saturated rings. The van der Waals surface area contributed by atoms with Gasteiger partial charge in [-0.3, -0.25) is 9.48 Å². The fourth-order valence-corrected chi connectivity index (χ4v) is 3.20. The molecule has 1 saturated heterocycles. The number of anilines is 1. The molecule has 0 aromatic carbocycles. The maximum absolute atomic E-state index is 11.9.